The van der Waals surface area contributed by atoms with E-state index in [-0.39, 0.29) is 22.2 Å². The molecule has 1 aromatic carbocycles. The number of carbonyl (C=O) groups excluding carboxylic acids is 2. The van der Waals surface area contributed by atoms with Crippen molar-refractivity contribution in [2.45, 2.75) is 19.9 Å². The third kappa shape index (κ3) is 5.17. The molecule has 0 fully saturated rings. The molecule has 2 rings (SSSR count). The molecule has 0 saturated heterocycles. The standard InChI is InChI=1S/C18H19ClN4O5/c1-10(2)16(18(25)21-11-4-7-15(28-3)20-9-11)22-17(24)13-6-5-12(23(26)27)8-14(13)19/h4-10,16H,1-3H3,(H,21,25)(H,22,24)/t16-/m0/s1. The molecule has 1 atom stereocenters. The first-order chi connectivity index (χ1) is 13.2. The topological polar surface area (TPSA) is 123 Å². The molecule has 1 heterocycles. The van der Waals surface area contributed by atoms with Crippen LogP contribution in [0.5, 0.6) is 5.88 Å². The Labute approximate surface area is 166 Å². The minimum Gasteiger partial charge on any atom is -0.481 e. The summed E-state index contributed by atoms with van der Waals surface area (Å²) in [5.74, 6) is -0.874. The van der Waals surface area contributed by atoms with Crippen LogP contribution in [-0.2, 0) is 4.79 Å². The number of non-ortho nitro benzene ring substituents is 1. The van der Waals surface area contributed by atoms with Gasteiger partial charge in [-0.3, -0.25) is 19.7 Å². The number of amides is 2. The van der Waals surface area contributed by atoms with Gasteiger partial charge in [-0.05, 0) is 18.1 Å². The average Bonchev–Trinajstić information content (AvgIpc) is 2.65. The fourth-order valence-corrected chi connectivity index (χ4v) is 2.61. The maximum Gasteiger partial charge on any atom is 0.270 e. The molecule has 2 amide bonds. The molecule has 0 aliphatic heterocycles. The van der Waals surface area contributed by atoms with Crippen molar-refractivity contribution in [2.75, 3.05) is 12.4 Å². The molecule has 0 aliphatic rings. The number of hydrogen-bond acceptors (Lipinski definition) is 6. The number of nitro groups is 1. The van der Waals surface area contributed by atoms with Gasteiger partial charge in [0.15, 0.2) is 0 Å². The van der Waals surface area contributed by atoms with E-state index in [1.807, 2.05) is 0 Å². The second-order valence-electron chi connectivity index (χ2n) is 6.19. The van der Waals surface area contributed by atoms with E-state index in [2.05, 4.69) is 15.6 Å². The highest BCUT2D eigenvalue weighted by Gasteiger charge is 2.26. The second kappa shape index (κ2) is 9.14. The predicted octanol–water partition coefficient (Wildman–Crippen LogP) is 3.04. The monoisotopic (exact) mass is 406 g/mol. The van der Waals surface area contributed by atoms with E-state index in [1.54, 1.807) is 26.0 Å². The van der Waals surface area contributed by atoms with Crippen molar-refractivity contribution in [1.29, 1.82) is 0 Å². The Kier molecular flexibility index (Phi) is 6.89. The van der Waals surface area contributed by atoms with E-state index in [9.17, 15) is 19.7 Å². The number of nitrogens with zero attached hydrogens (tertiary/aromatic N) is 2. The van der Waals surface area contributed by atoms with Gasteiger partial charge in [0.05, 0.1) is 34.5 Å². The highest BCUT2D eigenvalue weighted by molar-refractivity contribution is 6.34. The molecule has 0 aliphatic carbocycles. The molecular weight excluding hydrogens is 388 g/mol. The number of rotatable bonds is 7. The SMILES string of the molecule is COc1ccc(NC(=O)[C@@H](NC(=O)c2ccc([N+](=O)[O-])cc2Cl)C(C)C)cn1. The van der Waals surface area contributed by atoms with Crippen LogP contribution < -0.4 is 15.4 Å². The van der Waals surface area contributed by atoms with Gasteiger partial charge in [-0.25, -0.2) is 4.98 Å². The summed E-state index contributed by atoms with van der Waals surface area (Å²) in [6.07, 6.45) is 1.43. The maximum absolute atomic E-state index is 12.6. The number of nitrogens with one attached hydrogen (secondary N) is 2. The predicted molar refractivity (Wildman–Crippen MR) is 104 cm³/mol. The minimum atomic E-state index is -0.860. The van der Waals surface area contributed by atoms with Crippen molar-refractivity contribution < 1.29 is 19.2 Å². The van der Waals surface area contributed by atoms with Crippen molar-refractivity contribution in [3.8, 4) is 5.88 Å². The maximum atomic E-state index is 12.6. The van der Waals surface area contributed by atoms with E-state index < -0.39 is 22.8 Å². The van der Waals surface area contributed by atoms with Crippen molar-refractivity contribution in [3.05, 3.63) is 57.2 Å². The van der Waals surface area contributed by atoms with Gasteiger partial charge in [0, 0.05) is 18.2 Å². The lowest BCUT2D eigenvalue weighted by atomic mass is 10.0. The molecular formula is C18H19ClN4O5. The van der Waals surface area contributed by atoms with Gasteiger partial charge in [0.1, 0.15) is 6.04 Å². The van der Waals surface area contributed by atoms with Crippen LogP contribution in [0, 0.1) is 16.0 Å². The Morgan fingerprint density at radius 3 is 2.46 bits per heavy atom. The number of anilines is 1. The Bertz CT molecular complexity index is 886. The highest BCUT2D eigenvalue weighted by Crippen LogP contribution is 2.23. The zero-order valence-corrected chi connectivity index (χ0v) is 16.2. The number of benzene rings is 1. The Morgan fingerprint density at radius 1 is 1.25 bits per heavy atom. The second-order valence-corrected chi connectivity index (χ2v) is 6.60. The number of carbonyl (C=O) groups is 2. The number of ether oxygens (including phenoxy) is 1. The van der Waals surface area contributed by atoms with Crippen molar-refractivity contribution in [1.82, 2.24) is 10.3 Å². The molecule has 0 bridgehead atoms. The summed E-state index contributed by atoms with van der Waals surface area (Å²) in [4.78, 5) is 39.3. The summed E-state index contributed by atoms with van der Waals surface area (Å²) in [7, 11) is 1.48. The average molecular weight is 407 g/mol. The van der Waals surface area contributed by atoms with E-state index >= 15 is 0 Å². The van der Waals surface area contributed by atoms with Crippen LogP contribution in [0.1, 0.15) is 24.2 Å². The van der Waals surface area contributed by atoms with Crippen LogP contribution in [0.3, 0.4) is 0 Å². The zero-order chi connectivity index (χ0) is 20.8. The lowest BCUT2D eigenvalue weighted by Gasteiger charge is -2.22. The van der Waals surface area contributed by atoms with E-state index in [0.29, 0.717) is 11.6 Å². The molecule has 0 spiro atoms. The summed E-state index contributed by atoms with van der Waals surface area (Å²) < 4.78 is 4.96. The van der Waals surface area contributed by atoms with Crippen LogP contribution in [0.15, 0.2) is 36.5 Å². The van der Waals surface area contributed by atoms with Crippen LogP contribution in [0.4, 0.5) is 11.4 Å². The van der Waals surface area contributed by atoms with Gasteiger partial charge >= 0.3 is 0 Å². The Balaban J connectivity index is 2.13. The number of aromatic nitrogens is 1. The zero-order valence-electron chi connectivity index (χ0n) is 15.4. The molecule has 148 valence electrons. The third-order valence-electron chi connectivity index (χ3n) is 3.86. The summed E-state index contributed by atoms with van der Waals surface area (Å²) in [6, 6.07) is 5.86. The summed E-state index contributed by atoms with van der Waals surface area (Å²) in [6.45, 7) is 3.54. The number of hydrogen-bond donors (Lipinski definition) is 2. The number of nitro benzene ring substituents is 1. The minimum absolute atomic E-state index is 0.0387. The Hall–Kier alpha value is -3.20. The first-order valence-corrected chi connectivity index (χ1v) is 8.66. The number of pyridine rings is 1. The van der Waals surface area contributed by atoms with Crippen LogP contribution >= 0.6 is 11.6 Å². The Morgan fingerprint density at radius 2 is 1.96 bits per heavy atom. The summed E-state index contributed by atoms with van der Waals surface area (Å²) >= 11 is 5.98. The molecule has 9 nitrogen and oxygen atoms in total. The summed E-state index contributed by atoms with van der Waals surface area (Å²) in [5, 5.41) is 16.0. The molecule has 0 saturated carbocycles. The van der Waals surface area contributed by atoms with Gasteiger partial charge in [-0.2, -0.15) is 0 Å². The van der Waals surface area contributed by atoms with Crippen LogP contribution in [0.25, 0.3) is 0 Å². The van der Waals surface area contributed by atoms with Gasteiger partial charge in [-0.1, -0.05) is 25.4 Å². The molecule has 2 N–H and O–H groups in total. The van der Waals surface area contributed by atoms with Gasteiger partial charge in [0.25, 0.3) is 11.6 Å². The van der Waals surface area contributed by atoms with Gasteiger partial charge in [-0.15, -0.1) is 0 Å². The largest absolute Gasteiger partial charge is 0.481 e. The molecule has 2 aromatic rings. The molecule has 28 heavy (non-hydrogen) atoms. The van der Waals surface area contributed by atoms with Crippen LogP contribution in [-0.4, -0.2) is 34.9 Å². The smallest absolute Gasteiger partial charge is 0.270 e. The summed E-state index contributed by atoms with van der Waals surface area (Å²) in [5.41, 5.74) is 0.252. The van der Waals surface area contributed by atoms with Crippen LogP contribution in [0.2, 0.25) is 5.02 Å². The molecule has 10 heteroatoms. The van der Waals surface area contributed by atoms with E-state index in [1.165, 1.54) is 25.4 Å². The fraction of sp³-hybridized carbons (Fsp3) is 0.278. The normalized spacial score (nSPS) is 11.6. The van der Waals surface area contributed by atoms with E-state index in [0.717, 1.165) is 6.07 Å². The first-order valence-electron chi connectivity index (χ1n) is 8.28. The van der Waals surface area contributed by atoms with Crippen molar-refractivity contribution in [2.24, 2.45) is 5.92 Å². The lowest BCUT2D eigenvalue weighted by molar-refractivity contribution is -0.384. The molecule has 0 radical (unpaired) electrons. The third-order valence-corrected chi connectivity index (χ3v) is 4.17. The van der Waals surface area contributed by atoms with E-state index in [4.69, 9.17) is 16.3 Å². The lowest BCUT2D eigenvalue weighted by Crippen LogP contribution is -2.47. The number of halogens is 1. The fourth-order valence-electron chi connectivity index (χ4n) is 2.35. The van der Waals surface area contributed by atoms with Crippen molar-refractivity contribution >= 4 is 34.8 Å². The molecule has 0 unspecified atom stereocenters. The first kappa shape index (κ1) is 21.1. The number of methoxy groups -OCH3 is 1. The van der Waals surface area contributed by atoms with Crippen molar-refractivity contribution in [3.63, 3.8) is 0 Å². The van der Waals surface area contributed by atoms with Gasteiger partial charge < -0.3 is 15.4 Å². The van der Waals surface area contributed by atoms with Gasteiger partial charge in [0.2, 0.25) is 11.8 Å². The highest BCUT2D eigenvalue weighted by atomic mass is 35.5. The quantitative estimate of drug-likeness (QED) is 0.538. The molecule has 1 aromatic heterocycles.